The van der Waals surface area contributed by atoms with Crippen LogP contribution in [0.2, 0.25) is 0 Å². The molecule has 46 heavy (non-hydrogen) atoms. The van der Waals surface area contributed by atoms with E-state index in [2.05, 4.69) is 15.4 Å². The highest BCUT2D eigenvalue weighted by atomic mass is 35.5. The molecule has 0 saturated carbocycles. The first-order valence-corrected chi connectivity index (χ1v) is 19.0. The number of rotatable bonds is 19. The molecule has 2 fully saturated rings. The van der Waals surface area contributed by atoms with Gasteiger partial charge in [-0.05, 0) is 63.7 Å². The Balaban J connectivity index is 0.000000314. The van der Waals surface area contributed by atoms with Crippen molar-refractivity contribution in [2.24, 2.45) is 11.5 Å². The molecule has 13 heteroatoms. The number of fused-ring (bicyclic) bond motifs is 2. The van der Waals surface area contributed by atoms with Crippen LogP contribution < -0.4 is 31.7 Å². The van der Waals surface area contributed by atoms with Crippen LogP contribution in [-0.2, 0) is 14.8 Å². The van der Waals surface area contributed by atoms with Gasteiger partial charge in [0.2, 0.25) is 10.0 Å². The Morgan fingerprint density at radius 1 is 0.891 bits per heavy atom. The summed E-state index contributed by atoms with van der Waals surface area (Å²) >= 11 is 1.94. The molecule has 260 valence electrons. The van der Waals surface area contributed by atoms with Crippen molar-refractivity contribution in [2.45, 2.75) is 99.3 Å². The fourth-order valence-corrected chi connectivity index (χ4v) is 8.71. The van der Waals surface area contributed by atoms with Crippen LogP contribution in [0, 0.1) is 0 Å². The minimum Gasteiger partial charge on any atom is -0.377 e. The number of unbranched alkanes of at least 4 members (excludes halogenated alkanes) is 6. The molecule has 2 heterocycles. The highest BCUT2D eigenvalue weighted by Gasteiger charge is 2.42. The average Bonchev–Trinajstić information content (AvgIpc) is 3.57. The molecule has 2 aromatic carbocycles. The van der Waals surface area contributed by atoms with Gasteiger partial charge in [-0.3, -0.25) is 4.79 Å². The molecule has 4 rings (SSSR count). The maximum atomic E-state index is 12.6. The first kappa shape index (κ1) is 40.1. The van der Waals surface area contributed by atoms with Crippen LogP contribution >= 0.6 is 24.2 Å². The van der Waals surface area contributed by atoms with E-state index < -0.39 is 10.0 Å². The first-order chi connectivity index (χ1) is 21.7. The Labute approximate surface area is 286 Å². The Kier molecular flexibility index (Phi) is 18.3. The molecular weight excluding hydrogens is 644 g/mol. The number of anilines is 1. The summed E-state index contributed by atoms with van der Waals surface area (Å²) < 4.78 is 27.9. The van der Waals surface area contributed by atoms with Gasteiger partial charge in [0.25, 0.3) is 0 Å². The number of nitrogens with one attached hydrogen (secondary N) is 3. The van der Waals surface area contributed by atoms with E-state index >= 15 is 0 Å². The molecule has 0 bridgehead atoms. The third-order valence-electron chi connectivity index (χ3n) is 8.35. The number of nitrogens with zero attached hydrogens (tertiary/aromatic N) is 1. The van der Waals surface area contributed by atoms with E-state index in [1.54, 1.807) is 12.1 Å². The summed E-state index contributed by atoms with van der Waals surface area (Å²) in [7, 11) is 0.384. The predicted molar refractivity (Wildman–Crippen MR) is 195 cm³/mol. The normalized spacial score (nSPS) is 18.6. The van der Waals surface area contributed by atoms with Crippen molar-refractivity contribution in [2.75, 3.05) is 44.4 Å². The standard InChI is InChI=1S/C17H25N3O2S.C16H29N3O2S.ClH/c1-20(2)16-10-6-9-15-14(16)8-7-11-17(15)23(21,22)19-13-5-3-4-12-18;17-10-6-2-1-3-7-12(20)8-4-5-9-14-15-13(11-22-14)18-16(21)19-15;/h6-11,19H,3-5,12-13,18H2,1-2H3;13-15H,1-11,17H2,(H2,18,19,21);1H. The van der Waals surface area contributed by atoms with Gasteiger partial charge in [-0.2, -0.15) is 11.8 Å². The molecular formula is C33H55ClN6O4S2. The number of carbonyl (C=O) groups excluding carboxylic acids is 2. The molecule has 0 aliphatic carbocycles. The number of hydrogen-bond donors (Lipinski definition) is 5. The van der Waals surface area contributed by atoms with Gasteiger partial charge in [-0.15, -0.1) is 12.4 Å². The average molecular weight is 699 g/mol. The zero-order valence-electron chi connectivity index (χ0n) is 27.5. The van der Waals surface area contributed by atoms with E-state index in [1.165, 1.54) is 0 Å². The van der Waals surface area contributed by atoms with Crippen LogP contribution in [0.3, 0.4) is 0 Å². The van der Waals surface area contributed by atoms with Crippen molar-refractivity contribution in [3.63, 3.8) is 0 Å². The summed E-state index contributed by atoms with van der Waals surface area (Å²) in [5.41, 5.74) is 11.9. The van der Waals surface area contributed by atoms with E-state index in [0.717, 1.165) is 99.4 Å². The predicted octanol–water partition coefficient (Wildman–Crippen LogP) is 4.93. The summed E-state index contributed by atoms with van der Waals surface area (Å²) in [4.78, 5) is 25.4. The molecule has 2 saturated heterocycles. The van der Waals surface area contributed by atoms with Crippen molar-refractivity contribution >= 4 is 62.5 Å². The van der Waals surface area contributed by atoms with Gasteiger partial charge < -0.3 is 27.0 Å². The lowest BCUT2D eigenvalue weighted by Gasteiger charge is -2.17. The summed E-state index contributed by atoms with van der Waals surface area (Å²) in [6.45, 7) is 1.83. The second-order valence-corrected chi connectivity index (χ2v) is 15.1. The Bertz CT molecular complexity index is 1330. The minimum atomic E-state index is -3.52. The van der Waals surface area contributed by atoms with E-state index in [4.69, 9.17) is 11.5 Å². The third-order valence-corrected chi connectivity index (χ3v) is 11.4. The van der Waals surface area contributed by atoms with Crippen molar-refractivity contribution in [1.29, 1.82) is 0 Å². The van der Waals surface area contributed by atoms with Crippen LogP contribution in [0.25, 0.3) is 10.8 Å². The van der Waals surface area contributed by atoms with Crippen molar-refractivity contribution in [1.82, 2.24) is 15.4 Å². The SMILES string of the molecule is CN(C)c1cccc2c(S(=O)(=O)NCCCCCN)cccc12.Cl.NCCCCCCC(=O)CCCCC1SCC2NC(=O)NC21. The lowest BCUT2D eigenvalue weighted by atomic mass is 10.0. The maximum absolute atomic E-state index is 12.6. The number of urea groups is 1. The molecule has 2 aromatic rings. The number of carbonyl (C=O) groups is 2. The number of amides is 2. The summed E-state index contributed by atoms with van der Waals surface area (Å²) in [6, 6.07) is 11.7. The highest BCUT2D eigenvalue weighted by molar-refractivity contribution is 8.00. The van der Waals surface area contributed by atoms with Gasteiger partial charge in [0.05, 0.1) is 17.0 Å². The van der Waals surface area contributed by atoms with Gasteiger partial charge in [0, 0.05) is 60.9 Å². The van der Waals surface area contributed by atoms with Gasteiger partial charge >= 0.3 is 6.03 Å². The molecule has 0 spiro atoms. The van der Waals surface area contributed by atoms with Crippen LogP contribution in [0.1, 0.15) is 77.0 Å². The second kappa shape index (κ2) is 21.0. The van der Waals surface area contributed by atoms with E-state index in [1.807, 2.05) is 55.0 Å². The monoisotopic (exact) mass is 698 g/mol. The molecule has 10 nitrogen and oxygen atoms in total. The summed E-state index contributed by atoms with van der Waals surface area (Å²) in [5.74, 6) is 1.41. The molecule has 7 N–H and O–H groups in total. The number of hydrogen-bond acceptors (Lipinski definition) is 8. The van der Waals surface area contributed by atoms with E-state index in [0.29, 0.717) is 41.5 Å². The lowest BCUT2D eigenvalue weighted by molar-refractivity contribution is -0.119. The third kappa shape index (κ3) is 12.5. The largest absolute Gasteiger partial charge is 0.377 e. The number of sulfonamides is 1. The topological polar surface area (TPSA) is 160 Å². The van der Waals surface area contributed by atoms with Crippen molar-refractivity contribution in [3.05, 3.63) is 36.4 Å². The second-order valence-electron chi connectivity index (χ2n) is 12.1. The molecule has 2 aliphatic rings. The lowest BCUT2D eigenvalue weighted by Crippen LogP contribution is -2.36. The smallest absolute Gasteiger partial charge is 0.315 e. The van der Waals surface area contributed by atoms with Gasteiger partial charge in [0.1, 0.15) is 5.78 Å². The van der Waals surface area contributed by atoms with Gasteiger partial charge in [0.15, 0.2) is 0 Å². The van der Waals surface area contributed by atoms with E-state index in [-0.39, 0.29) is 24.5 Å². The quantitative estimate of drug-likeness (QED) is 0.102. The Morgan fingerprint density at radius 2 is 1.52 bits per heavy atom. The molecule has 2 amide bonds. The first-order valence-electron chi connectivity index (χ1n) is 16.5. The van der Waals surface area contributed by atoms with E-state index in [9.17, 15) is 18.0 Å². The zero-order chi connectivity index (χ0) is 32.7. The fourth-order valence-electron chi connectivity index (χ4n) is 5.88. The van der Waals surface area contributed by atoms with Crippen LogP contribution in [-0.4, -0.2) is 77.0 Å². The van der Waals surface area contributed by atoms with Crippen LogP contribution in [0.4, 0.5) is 10.5 Å². The molecule has 3 atom stereocenters. The van der Waals surface area contributed by atoms with Gasteiger partial charge in [-0.25, -0.2) is 17.9 Å². The Hall–Kier alpha value is -2.09. The molecule has 0 aromatic heterocycles. The zero-order valence-corrected chi connectivity index (χ0v) is 29.9. The van der Waals surface area contributed by atoms with Crippen molar-refractivity contribution < 1.29 is 18.0 Å². The Morgan fingerprint density at radius 3 is 2.22 bits per heavy atom. The summed E-state index contributed by atoms with van der Waals surface area (Å²) in [5, 5.41) is 8.16. The molecule has 0 radical (unpaired) electrons. The number of benzene rings is 2. The molecule has 3 unspecified atom stereocenters. The molecule has 2 aliphatic heterocycles. The van der Waals surface area contributed by atoms with Crippen molar-refractivity contribution in [3.8, 4) is 0 Å². The number of nitrogens with two attached hydrogens (primary N) is 2. The minimum absolute atomic E-state index is 0. The fraction of sp³-hybridized carbons (Fsp3) is 0.636. The highest BCUT2D eigenvalue weighted by Crippen LogP contribution is 2.33. The maximum Gasteiger partial charge on any atom is 0.315 e. The number of Topliss-reactive ketones (excluding diaryl/α,β-unsaturated/α-hetero) is 1. The number of thioether (sulfide) groups is 1. The van der Waals surface area contributed by atoms with Gasteiger partial charge in [-0.1, -0.05) is 49.9 Å². The number of ketones is 1. The van der Waals surface area contributed by atoms with Crippen LogP contribution in [0.5, 0.6) is 0 Å². The summed E-state index contributed by atoms with van der Waals surface area (Å²) in [6.07, 6.45) is 11.6. The number of halogens is 1. The van der Waals surface area contributed by atoms with Crippen LogP contribution in [0.15, 0.2) is 41.3 Å².